The Bertz CT molecular complexity index is 2460. The van der Waals surface area contributed by atoms with Crippen LogP contribution in [-0.4, -0.2) is 9.13 Å². The number of nitriles is 2. The summed E-state index contributed by atoms with van der Waals surface area (Å²) in [5.74, 6) is 0.0765. The molecule has 0 fully saturated rings. The molecule has 0 atom stereocenters. The molecule has 0 radical (unpaired) electrons. The molecule has 0 aliphatic heterocycles. The van der Waals surface area contributed by atoms with E-state index in [1.807, 2.05) is 24.3 Å². The van der Waals surface area contributed by atoms with Gasteiger partial charge in [-0.25, -0.2) is 0 Å². The topological polar surface area (TPSA) is 66.2 Å². The minimum Gasteiger partial charge on any atom is -0.340 e. The van der Waals surface area contributed by atoms with Crippen molar-refractivity contribution in [2.24, 2.45) is 0 Å². The van der Waals surface area contributed by atoms with E-state index in [0.717, 1.165) is 69.4 Å². The summed E-state index contributed by atoms with van der Waals surface area (Å²) >= 11 is 3.19. The van der Waals surface area contributed by atoms with Crippen LogP contribution in [0.3, 0.4) is 0 Å². The van der Waals surface area contributed by atoms with Crippen molar-refractivity contribution >= 4 is 78.4 Å². The summed E-state index contributed by atoms with van der Waals surface area (Å²) in [6.45, 7) is 20.8. The van der Waals surface area contributed by atoms with Crippen LogP contribution in [0.1, 0.15) is 49.3 Å². The summed E-state index contributed by atoms with van der Waals surface area (Å²) in [5, 5.41) is 23.4. The summed E-state index contributed by atoms with van der Waals surface area (Å²) < 4.78 is 4.97. The first-order valence-corrected chi connectivity index (χ1v) is 18.3. The summed E-state index contributed by atoms with van der Waals surface area (Å²) in [6.07, 6.45) is 7.66. The van der Waals surface area contributed by atoms with Gasteiger partial charge in [-0.3, -0.25) is 0 Å². The Morgan fingerprint density at radius 2 is 1.10 bits per heavy atom. The molecule has 0 unspecified atom stereocenters. The summed E-state index contributed by atoms with van der Waals surface area (Å²) in [4.78, 5) is 10.7. The lowest BCUT2D eigenvalue weighted by Gasteiger charge is -2.08. The maximum absolute atomic E-state index is 9.21. The van der Waals surface area contributed by atoms with Gasteiger partial charge in [-0.1, -0.05) is 51.0 Å². The molecule has 0 N–H and O–H groups in total. The molecule has 7 aromatic rings. The van der Waals surface area contributed by atoms with E-state index >= 15 is 0 Å². The van der Waals surface area contributed by atoms with Gasteiger partial charge in [0.25, 0.3) is 0 Å². The third-order valence-electron chi connectivity index (χ3n) is 9.17. The third-order valence-corrected chi connectivity index (χ3v) is 11.3. The van der Waals surface area contributed by atoms with Crippen molar-refractivity contribution in [3.05, 3.63) is 117 Å². The van der Waals surface area contributed by atoms with Crippen LogP contribution < -0.4 is 0 Å². The number of thiophene rings is 2. The number of aromatic nitrogens is 2. The zero-order chi connectivity index (χ0) is 34.8. The second-order valence-electron chi connectivity index (χ2n) is 12.3. The molecular formula is C42H32N6S2. The number of aryl methyl sites for hydroxylation is 2. The molecule has 4 heterocycles. The molecule has 0 aliphatic carbocycles. The fourth-order valence-electron chi connectivity index (χ4n) is 6.72. The van der Waals surface area contributed by atoms with Crippen molar-refractivity contribution in [3.63, 3.8) is 0 Å². The minimum absolute atomic E-state index is 0.0765. The Labute approximate surface area is 299 Å². The van der Waals surface area contributed by atoms with Crippen molar-refractivity contribution in [3.8, 4) is 33.0 Å². The number of unbranched alkanes of at least 4 members (excludes halogenated alkanes) is 2. The van der Waals surface area contributed by atoms with Crippen molar-refractivity contribution in [2.45, 2.75) is 52.6 Å². The van der Waals surface area contributed by atoms with E-state index in [9.17, 15) is 10.5 Å². The van der Waals surface area contributed by atoms with Gasteiger partial charge in [0.05, 0.1) is 0 Å². The molecular weight excluding hydrogens is 653 g/mol. The van der Waals surface area contributed by atoms with Gasteiger partial charge >= 0.3 is 5.82 Å². The Kier molecular flexibility index (Phi) is 9.08. The zero-order valence-corrected chi connectivity index (χ0v) is 29.5. The molecule has 0 saturated heterocycles. The minimum atomic E-state index is 0.0765. The Hall–Kier alpha value is -5.90. The standard InChI is InChI=1S/C42H32N6S2/c1-5-7-17-47-36-20-28(40-15-11-30(49-40)19-27(25-43)26-44)9-13-32(36)34-23-39-35(24-38(34)47)33-14-10-29(21-37(33)48(39)18-8-6-2)41-16-12-31(50-41)22-42(45-3)46-4/h9-16,19-24H,5-8,17-18H2,1-2H3. The summed E-state index contributed by atoms with van der Waals surface area (Å²) in [6, 6.07) is 30.3. The van der Waals surface area contributed by atoms with E-state index in [1.54, 1.807) is 34.8 Å². The molecule has 0 bridgehead atoms. The maximum atomic E-state index is 9.21. The molecule has 0 aliphatic rings. The van der Waals surface area contributed by atoms with E-state index in [-0.39, 0.29) is 11.4 Å². The molecule has 4 aromatic heterocycles. The molecule has 0 spiro atoms. The van der Waals surface area contributed by atoms with Crippen LogP contribution in [0.25, 0.3) is 86.3 Å². The number of hydrogen-bond acceptors (Lipinski definition) is 4. The molecule has 3 aromatic carbocycles. The van der Waals surface area contributed by atoms with Gasteiger partial charge in [0.2, 0.25) is 0 Å². The third kappa shape index (κ3) is 5.87. The van der Waals surface area contributed by atoms with E-state index in [4.69, 9.17) is 13.1 Å². The van der Waals surface area contributed by atoms with E-state index < -0.39 is 0 Å². The number of fused-ring (bicyclic) bond motifs is 6. The largest absolute Gasteiger partial charge is 0.520 e. The summed E-state index contributed by atoms with van der Waals surface area (Å²) in [5.41, 5.74) is 7.28. The smallest absolute Gasteiger partial charge is 0.340 e. The molecule has 7 rings (SSSR count). The van der Waals surface area contributed by atoms with Gasteiger partial charge < -0.3 is 9.13 Å². The SMILES string of the molecule is [C-]#[N+]C(=Cc1ccc(-c2ccc3c4cc5c(cc4n(CCCC)c3c2)c2ccc(-c3ccc(C=C(C#N)C#N)s3)cc2n5CCCC)s1)[N+]#[C-]. The fraction of sp³-hybridized carbons (Fsp3) is 0.190. The van der Waals surface area contributed by atoms with Crippen LogP contribution in [-0.2, 0) is 13.1 Å². The predicted molar refractivity (Wildman–Crippen MR) is 209 cm³/mol. The highest BCUT2D eigenvalue weighted by Crippen LogP contribution is 2.41. The average Bonchev–Trinajstić information content (AvgIpc) is 3.94. The van der Waals surface area contributed by atoms with Gasteiger partial charge in [0, 0.05) is 82.3 Å². The lowest BCUT2D eigenvalue weighted by molar-refractivity contribution is 0.664. The lowest BCUT2D eigenvalue weighted by Crippen LogP contribution is -1.98. The van der Waals surface area contributed by atoms with Crippen molar-refractivity contribution in [2.75, 3.05) is 0 Å². The fourth-order valence-corrected chi connectivity index (χ4v) is 8.60. The van der Waals surface area contributed by atoms with Crippen molar-refractivity contribution in [1.29, 1.82) is 10.5 Å². The van der Waals surface area contributed by atoms with E-state index in [0.29, 0.717) is 0 Å². The van der Waals surface area contributed by atoms with Crippen LogP contribution in [0, 0.1) is 35.8 Å². The quantitative estimate of drug-likeness (QED) is 0.106. The monoisotopic (exact) mass is 684 g/mol. The lowest BCUT2D eigenvalue weighted by atomic mass is 10.1. The highest BCUT2D eigenvalue weighted by Gasteiger charge is 2.19. The molecule has 8 heteroatoms. The van der Waals surface area contributed by atoms with Gasteiger partial charge in [-0.15, -0.1) is 22.7 Å². The molecule has 0 amide bonds. The normalized spacial score (nSPS) is 11.0. The number of nitrogens with zero attached hydrogens (tertiary/aromatic N) is 6. The van der Waals surface area contributed by atoms with Gasteiger partial charge in [0.15, 0.2) is 0 Å². The highest BCUT2D eigenvalue weighted by atomic mass is 32.1. The molecule has 50 heavy (non-hydrogen) atoms. The summed E-state index contributed by atoms with van der Waals surface area (Å²) in [7, 11) is 0. The molecule has 0 saturated carbocycles. The van der Waals surface area contributed by atoms with Gasteiger partial charge in [0.1, 0.15) is 30.9 Å². The van der Waals surface area contributed by atoms with E-state index in [2.05, 4.69) is 93.3 Å². The second kappa shape index (κ2) is 13.9. The predicted octanol–water partition coefficient (Wildman–Crippen LogP) is 12.5. The van der Waals surface area contributed by atoms with Crippen molar-refractivity contribution < 1.29 is 0 Å². The first-order chi connectivity index (χ1) is 24.5. The molecule has 242 valence electrons. The number of benzene rings is 3. The second-order valence-corrected chi connectivity index (χ2v) is 14.5. The molecule has 6 nitrogen and oxygen atoms in total. The van der Waals surface area contributed by atoms with Crippen LogP contribution in [0.15, 0.2) is 84.2 Å². The highest BCUT2D eigenvalue weighted by molar-refractivity contribution is 7.16. The van der Waals surface area contributed by atoms with Crippen LogP contribution in [0.4, 0.5) is 0 Å². The van der Waals surface area contributed by atoms with Crippen LogP contribution >= 0.6 is 22.7 Å². The average molecular weight is 685 g/mol. The Morgan fingerprint density at radius 3 is 1.54 bits per heavy atom. The van der Waals surface area contributed by atoms with Gasteiger partial charge in [-0.2, -0.15) is 20.2 Å². The maximum Gasteiger partial charge on any atom is 0.520 e. The van der Waals surface area contributed by atoms with Crippen LogP contribution in [0.5, 0.6) is 0 Å². The van der Waals surface area contributed by atoms with Crippen LogP contribution in [0.2, 0.25) is 0 Å². The number of allylic oxidation sites excluding steroid dienone is 1. The number of hydrogen-bond donors (Lipinski definition) is 0. The first kappa shape index (κ1) is 32.6. The van der Waals surface area contributed by atoms with E-state index in [1.165, 1.54) is 43.6 Å². The number of rotatable bonds is 10. The zero-order valence-electron chi connectivity index (χ0n) is 27.8. The first-order valence-electron chi connectivity index (χ1n) is 16.7. The van der Waals surface area contributed by atoms with Crippen molar-refractivity contribution in [1.82, 2.24) is 9.13 Å². The Balaban J connectivity index is 1.40. The van der Waals surface area contributed by atoms with Gasteiger partial charge in [-0.05, 0) is 78.6 Å². The Morgan fingerprint density at radius 1 is 0.640 bits per heavy atom.